The van der Waals surface area contributed by atoms with Gasteiger partial charge in [-0.05, 0) is 60.9 Å². The van der Waals surface area contributed by atoms with Gasteiger partial charge in [0, 0.05) is 60.8 Å². The standard InChI is InChI=1S/C34H29ClF2N2O4/c1-20-7-8-22(19-40)14-30(20)39(18-25-11-12-41-25)21(2)13-23-15-29(37)27(16-28(23)36)26-5-4-6-31-33(26)43-34(3,42-31)24-9-10-32(35)38-17-24/h4-10,14-17,19,25H,2,11-13,18H2,1,3H3. The Bertz CT molecular complexity index is 1720. The summed E-state index contributed by atoms with van der Waals surface area (Å²) in [6.07, 6.45) is 3.24. The molecule has 1 aromatic heterocycles. The molecular formula is C34H29ClF2N2O4. The van der Waals surface area contributed by atoms with Crippen LogP contribution in [-0.2, 0) is 16.9 Å². The second-order valence-corrected chi connectivity index (χ2v) is 11.3. The Labute approximate surface area is 253 Å². The van der Waals surface area contributed by atoms with Crippen LogP contribution in [0.1, 0.15) is 40.4 Å². The van der Waals surface area contributed by atoms with Gasteiger partial charge in [0.1, 0.15) is 23.1 Å². The van der Waals surface area contributed by atoms with E-state index in [0.29, 0.717) is 52.2 Å². The fourth-order valence-corrected chi connectivity index (χ4v) is 5.48. The molecule has 43 heavy (non-hydrogen) atoms. The average molecular weight is 603 g/mol. The van der Waals surface area contributed by atoms with Gasteiger partial charge in [0.25, 0.3) is 5.79 Å². The predicted molar refractivity (Wildman–Crippen MR) is 161 cm³/mol. The van der Waals surface area contributed by atoms with Crippen molar-refractivity contribution in [3.05, 3.63) is 118 Å². The van der Waals surface area contributed by atoms with Crippen LogP contribution in [0.15, 0.2) is 79.1 Å². The Morgan fingerprint density at radius 1 is 1.12 bits per heavy atom. The molecule has 0 radical (unpaired) electrons. The number of anilines is 1. The molecule has 220 valence electrons. The lowest BCUT2D eigenvalue weighted by Crippen LogP contribution is -2.40. The van der Waals surface area contributed by atoms with Gasteiger partial charge < -0.3 is 19.1 Å². The van der Waals surface area contributed by atoms with E-state index in [1.54, 1.807) is 55.6 Å². The van der Waals surface area contributed by atoms with Crippen LogP contribution in [0.3, 0.4) is 0 Å². The van der Waals surface area contributed by atoms with Crippen LogP contribution < -0.4 is 14.4 Å². The first-order valence-corrected chi connectivity index (χ1v) is 14.3. The molecule has 1 fully saturated rings. The maximum Gasteiger partial charge on any atom is 0.277 e. The molecule has 0 aliphatic carbocycles. The van der Waals surface area contributed by atoms with E-state index in [9.17, 15) is 4.79 Å². The molecule has 2 unspecified atom stereocenters. The highest BCUT2D eigenvalue weighted by Gasteiger charge is 2.40. The minimum absolute atomic E-state index is 0.0169. The van der Waals surface area contributed by atoms with Gasteiger partial charge >= 0.3 is 0 Å². The van der Waals surface area contributed by atoms with Crippen molar-refractivity contribution in [2.24, 2.45) is 0 Å². The predicted octanol–water partition coefficient (Wildman–Crippen LogP) is 7.80. The Morgan fingerprint density at radius 3 is 2.63 bits per heavy atom. The Morgan fingerprint density at radius 2 is 1.93 bits per heavy atom. The maximum atomic E-state index is 15.8. The molecule has 2 aliphatic rings. The third-order valence-electron chi connectivity index (χ3n) is 7.87. The zero-order chi connectivity index (χ0) is 30.3. The lowest BCUT2D eigenvalue weighted by molar-refractivity contribution is -0.0681. The summed E-state index contributed by atoms with van der Waals surface area (Å²) in [4.78, 5) is 17.5. The molecule has 4 aromatic rings. The molecule has 2 atom stereocenters. The molecule has 9 heteroatoms. The Kier molecular flexibility index (Phi) is 7.66. The van der Waals surface area contributed by atoms with Gasteiger partial charge in [-0.15, -0.1) is 0 Å². The average Bonchev–Trinajstić information content (AvgIpc) is 3.32. The van der Waals surface area contributed by atoms with Crippen LogP contribution in [0.25, 0.3) is 11.1 Å². The van der Waals surface area contributed by atoms with Gasteiger partial charge in [0.15, 0.2) is 11.5 Å². The number of nitrogens with zero attached hydrogens (tertiary/aromatic N) is 2. The number of halogens is 3. The minimum atomic E-state index is -1.23. The van der Waals surface area contributed by atoms with Crippen molar-refractivity contribution in [3.63, 3.8) is 0 Å². The van der Waals surface area contributed by atoms with Crippen molar-refractivity contribution in [1.29, 1.82) is 0 Å². The number of hydrogen-bond donors (Lipinski definition) is 0. The van der Waals surface area contributed by atoms with Gasteiger partial charge in [0.2, 0.25) is 0 Å². The summed E-state index contributed by atoms with van der Waals surface area (Å²) in [5.41, 5.74) is 3.93. The van der Waals surface area contributed by atoms with Gasteiger partial charge in [-0.25, -0.2) is 13.8 Å². The van der Waals surface area contributed by atoms with E-state index in [1.807, 2.05) is 17.9 Å². The zero-order valence-electron chi connectivity index (χ0n) is 23.7. The number of fused-ring (bicyclic) bond motifs is 1. The number of rotatable bonds is 9. The minimum Gasteiger partial charge on any atom is -0.444 e. The summed E-state index contributed by atoms with van der Waals surface area (Å²) in [6, 6.07) is 16.2. The third kappa shape index (κ3) is 5.60. The maximum absolute atomic E-state index is 15.8. The summed E-state index contributed by atoms with van der Waals surface area (Å²) >= 11 is 5.94. The number of pyridine rings is 1. The van der Waals surface area contributed by atoms with E-state index in [2.05, 4.69) is 11.6 Å². The molecule has 0 saturated carbocycles. The second-order valence-electron chi connectivity index (χ2n) is 10.9. The molecule has 1 saturated heterocycles. The van der Waals surface area contributed by atoms with Crippen LogP contribution in [0.4, 0.5) is 14.5 Å². The molecular weight excluding hydrogens is 574 g/mol. The highest BCUT2D eigenvalue weighted by atomic mass is 35.5. The first kappa shape index (κ1) is 28.8. The van der Waals surface area contributed by atoms with Gasteiger partial charge in [0.05, 0.1) is 11.7 Å². The summed E-state index contributed by atoms with van der Waals surface area (Å²) in [5.74, 6) is -1.73. The zero-order valence-corrected chi connectivity index (χ0v) is 24.5. The number of carbonyl (C=O) groups excluding carboxylic acids is 1. The molecule has 2 aliphatic heterocycles. The fraction of sp³-hybridized carbons (Fsp3) is 0.235. The van der Waals surface area contributed by atoms with Gasteiger partial charge in [-0.3, -0.25) is 4.79 Å². The topological polar surface area (TPSA) is 60.9 Å². The number of benzene rings is 3. The van der Waals surface area contributed by atoms with Crippen molar-refractivity contribution in [3.8, 4) is 22.6 Å². The molecule has 3 heterocycles. The van der Waals surface area contributed by atoms with E-state index < -0.39 is 17.4 Å². The number of aldehydes is 1. The third-order valence-corrected chi connectivity index (χ3v) is 8.10. The summed E-state index contributed by atoms with van der Waals surface area (Å²) < 4.78 is 49.4. The van der Waals surface area contributed by atoms with Crippen LogP contribution in [0, 0.1) is 18.6 Å². The monoisotopic (exact) mass is 602 g/mol. The number of allylic oxidation sites excluding steroid dienone is 1. The molecule has 6 rings (SSSR count). The van der Waals surface area contributed by atoms with Gasteiger partial charge in [-0.1, -0.05) is 42.4 Å². The number of carbonyl (C=O) groups is 1. The summed E-state index contributed by atoms with van der Waals surface area (Å²) in [7, 11) is 0. The first-order valence-electron chi connectivity index (χ1n) is 13.9. The van der Waals surface area contributed by atoms with E-state index in [0.717, 1.165) is 24.0 Å². The number of aryl methyl sites for hydroxylation is 1. The largest absolute Gasteiger partial charge is 0.444 e. The van der Waals surface area contributed by atoms with Crippen molar-refractivity contribution in [2.75, 3.05) is 18.1 Å². The highest BCUT2D eigenvalue weighted by molar-refractivity contribution is 6.29. The van der Waals surface area contributed by atoms with Crippen LogP contribution >= 0.6 is 11.6 Å². The van der Waals surface area contributed by atoms with Crippen LogP contribution in [0.2, 0.25) is 5.15 Å². The van der Waals surface area contributed by atoms with E-state index in [1.165, 1.54) is 12.1 Å². The molecule has 0 spiro atoms. The first-order chi connectivity index (χ1) is 20.6. The SMILES string of the molecule is C=C(Cc1cc(F)c(-c2cccc3c2OC(C)(c2ccc(Cl)nc2)O3)cc1F)N(CC1CCO1)c1cc(C=O)ccc1C. The van der Waals surface area contributed by atoms with E-state index in [4.69, 9.17) is 25.8 Å². The molecule has 6 nitrogen and oxygen atoms in total. The Balaban J connectivity index is 1.29. The van der Waals surface area contributed by atoms with E-state index in [-0.39, 0.29) is 23.7 Å². The quantitative estimate of drug-likeness (QED) is 0.144. The Hall–Kier alpha value is -4.27. The van der Waals surface area contributed by atoms with Crippen LogP contribution in [0.5, 0.6) is 11.5 Å². The number of aromatic nitrogens is 1. The number of ether oxygens (including phenoxy) is 3. The smallest absolute Gasteiger partial charge is 0.277 e. The van der Waals surface area contributed by atoms with Crippen LogP contribution in [-0.4, -0.2) is 30.5 Å². The normalized spacial score (nSPS) is 18.7. The number of hydrogen-bond acceptors (Lipinski definition) is 6. The molecule has 0 bridgehead atoms. The van der Waals surface area contributed by atoms with Crippen molar-refractivity contribution in [1.82, 2.24) is 4.98 Å². The van der Waals surface area contributed by atoms with Crippen molar-refractivity contribution in [2.45, 2.75) is 38.6 Å². The molecule has 0 N–H and O–H groups in total. The fourth-order valence-electron chi connectivity index (χ4n) is 5.37. The lowest BCUT2D eigenvalue weighted by Gasteiger charge is -2.36. The molecule has 0 amide bonds. The molecule has 3 aromatic carbocycles. The highest BCUT2D eigenvalue weighted by Crippen LogP contribution is 2.49. The lowest BCUT2D eigenvalue weighted by atomic mass is 9.99. The summed E-state index contributed by atoms with van der Waals surface area (Å²) in [5, 5.41) is 0.327. The van der Waals surface area contributed by atoms with E-state index >= 15 is 8.78 Å². The second kappa shape index (κ2) is 11.4. The van der Waals surface area contributed by atoms with Crippen molar-refractivity contribution < 1.29 is 27.8 Å². The summed E-state index contributed by atoms with van der Waals surface area (Å²) in [6.45, 7) is 9.04. The van der Waals surface area contributed by atoms with Gasteiger partial charge in [-0.2, -0.15) is 0 Å². The number of para-hydroxylation sites is 1. The van der Waals surface area contributed by atoms with Crippen molar-refractivity contribution >= 4 is 23.6 Å².